The average molecular weight is 271 g/mol. The average Bonchev–Trinajstić information content (AvgIpc) is 3.04. The maximum atomic E-state index is 4.72. The highest BCUT2D eigenvalue weighted by molar-refractivity contribution is 5.48. The van der Waals surface area contributed by atoms with Gasteiger partial charge < -0.3 is 10.2 Å². The summed E-state index contributed by atoms with van der Waals surface area (Å²) in [6.45, 7) is 10.0. The van der Waals surface area contributed by atoms with Gasteiger partial charge in [-0.2, -0.15) is 4.98 Å². The second-order valence-electron chi connectivity index (χ2n) is 6.71. The van der Waals surface area contributed by atoms with Crippen molar-refractivity contribution < 1.29 is 0 Å². The molecule has 4 heterocycles. The van der Waals surface area contributed by atoms with Crippen LogP contribution in [-0.2, 0) is 0 Å². The second-order valence-corrected chi connectivity index (χ2v) is 6.71. The highest BCUT2D eigenvalue weighted by Crippen LogP contribution is 2.42. The van der Waals surface area contributed by atoms with E-state index >= 15 is 0 Å². The van der Waals surface area contributed by atoms with Gasteiger partial charge in [-0.1, -0.05) is 6.07 Å². The molecule has 106 valence electrons. The Kier molecular flexibility index (Phi) is 2.40. The Labute approximate surface area is 119 Å². The molecule has 0 aromatic carbocycles. The predicted molar refractivity (Wildman–Crippen MR) is 79.0 cm³/mol. The van der Waals surface area contributed by atoms with E-state index in [-0.39, 0.29) is 5.54 Å². The van der Waals surface area contributed by atoms with Crippen LogP contribution in [0.2, 0.25) is 0 Å². The zero-order valence-electron chi connectivity index (χ0n) is 12.3. The van der Waals surface area contributed by atoms with Crippen molar-refractivity contribution in [3.63, 3.8) is 0 Å². The minimum Gasteiger partial charge on any atom is -0.334 e. The zero-order chi connectivity index (χ0) is 13.9. The van der Waals surface area contributed by atoms with Crippen molar-refractivity contribution in [1.29, 1.82) is 0 Å². The molecule has 0 bridgehead atoms. The highest BCUT2D eigenvalue weighted by atomic mass is 15.4. The third-order valence-corrected chi connectivity index (χ3v) is 5.07. The van der Waals surface area contributed by atoms with Gasteiger partial charge in [0, 0.05) is 31.4 Å². The molecule has 5 nitrogen and oxygen atoms in total. The SMILES string of the molecule is Cc1ccc2nc(N3CC4CNCC4C3(C)C)nn2c1. The molecule has 0 saturated carbocycles. The number of aromatic nitrogens is 3. The molecule has 2 aromatic rings. The first-order valence-electron chi connectivity index (χ1n) is 7.37. The lowest BCUT2D eigenvalue weighted by molar-refractivity contribution is 0.355. The fraction of sp³-hybridized carbons (Fsp3) is 0.600. The molecule has 0 aliphatic carbocycles. The molecule has 4 rings (SSSR count). The molecule has 2 atom stereocenters. The van der Waals surface area contributed by atoms with Crippen LogP contribution in [0.15, 0.2) is 18.3 Å². The zero-order valence-corrected chi connectivity index (χ0v) is 12.3. The van der Waals surface area contributed by atoms with Gasteiger partial charge in [0.2, 0.25) is 5.95 Å². The lowest BCUT2D eigenvalue weighted by Crippen LogP contribution is -2.45. The Hall–Kier alpha value is -1.62. The minimum atomic E-state index is 0.119. The van der Waals surface area contributed by atoms with Crippen LogP contribution >= 0.6 is 0 Å². The predicted octanol–water partition coefficient (Wildman–Crippen LogP) is 1.47. The molecule has 2 aromatic heterocycles. The number of nitrogens with zero attached hydrogens (tertiary/aromatic N) is 4. The van der Waals surface area contributed by atoms with Gasteiger partial charge in [0.1, 0.15) is 0 Å². The smallest absolute Gasteiger partial charge is 0.246 e. The molecule has 2 aliphatic heterocycles. The number of fused-ring (bicyclic) bond motifs is 2. The molecule has 2 fully saturated rings. The Bertz CT molecular complexity index is 659. The second kappa shape index (κ2) is 3.95. The monoisotopic (exact) mass is 271 g/mol. The maximum Gasteiger partial charge on any atom is 0.246 e. The van der Waals surface area contributed by atoms with Crippen molar-refractivity contribution in [3.8, 4) is 0 Å². The van der Waals surface area contributed by atoms with Gasteiger partial charge in [-0.25, -0.2) is 4.52 Å². The largest absolute Gasteiger partial charge is 0.334 e. The van der Waals surface area contributed by atoms with Gasteiger partial charge in [0.05, 0.1) is 0 Å². The molecular weight excluding hydrogens is 250 g/mol. The molecule has 2 unspecified atom stereocenters. The number of aryl methyl sites for hydroxylation is 1. The summed E-state index contributed by atoms with van der Waals surface area (Å²) in [4.78, 5) is 7.11. The van der Waals surface area contributed by atoms with E-state index in [2.05, 4.69) is 42.2 Å². The van der Waals surface area contributed by atoms with Crippen molar-refractivity contribution in [2.45, 2.75) is 26.3 Å². The molecule has 5 heteroatoms. The van der Waals surface area contributed by atoms with Gasteiger partial charge in [-0.3, -0.25) is 0 Å². The summed E-state index contributed by atoms with van der Waals surface area (Å²) in [5.74, 6) is 2.28. The maximum absolute atomic E-state index is 4.72. The quantitative estimate of drug-likeness (QED) is 0.853. The summed E-state index contributed by atoms with van der Waals surface area (Å²) in [7, 11) is 0. The molecule has 2 saturated heterocycles. The van der Waals surface area contributed by atoms with E-state index in [9.17, 15) is 0 Å². The van der Waals surface area contributed by atoms with Crippen LogP contribution in [0.5, 0.6) is 0 Å². The third-order valence-electron chi connectivity index (χ3n) is 5.07. The van der Waals surface area contributed by atoms with E-state index in [1.807, 2.05) is 16.8 Å². The van der Waals surface area contributed by atoms with Gasteiger partial charge in [0.15, 0.2) is 5.65 Å². The van der Waals surface area contributed by atoms with Gasteiger partial charge >= 0.3 is 0 Å². The Balaban J connectivity index is 1.75. The number of pyridine rings is 1. The van der Waals surface area contributed by atoms with Crippen molar-refractivity contribution in [1.82, 2.24) is 19.9 Å². The molecule has 20 heavy (non-hydrogen) atoms. The van der Waals surface area contributed by atoms with Crippen molar-refractivity contribution in [2.24, 2.45) is 11.8 Å². The lowest BCUT2D eigenvalue weighted by atomic mass is 9.85. The molecule has 0 radical (unpaired) electrons. The fourth-order valence-corrected chi connectivity index (χ4v) is 3.85. The summed E-state index contributed by atoms with van der Waals surface area (Å²) in [6, 6.07) is 4.12. The van der Waals surface area contributed by atoms with Crippen LogP contribution in [0, 0.1) is 18.8 Å². The normalized spacial score (nSPS) is 28.2. The summed E-state index contributed by atoms with van der Waals surface area (Å²) in [6.07, 6.45) is 2.04. The summed E-state index contributed by atoms with van der Waals surface area (Å²) >= 11 is 0. The standard InChI is InChI=1S/C15H21N5/c1-10-4-5-13-17-14(18-20(13)8-10)19-9-11-6-16-7-12(11)15(19,2)3/h4-5,8,11-12,16H,6-7,9H2,1-3H3. The molecule has 2 aliphatic rings. The summed E-state index contributed by atoms with van der Waals surface area (Å²) < 4.78 is 1.90. The van der Waals surface area contributed by atoms with E-state index in [0.29, 0.717) is 5.92 Å². The van der Waals surface area contributed by atoms with Crippen LogP contribution < -0.4 is 10.2 Å². The first-order valence-corrected chi connectivity index (χ1v) is 7.37. The molecule has 0 amide bonds. The molecule has 1 N–H and O–H groups in total. The Morgan fingerprint density at radius 2 is 2.15 bits per heavy atom. The van der Waals surface area contributed by atoms with E-state index < -0.39 is 0 Å². The van der Waals surface area contributed by atoms with Crippen molar-refractivity contribution in [2.75, 3.05) is 24.5 Å². The van der Waals surface area contributed by atoms with Crippen molar-refractivity contribution >= 4 is 11.6 Å². The number of anilines is 1. The lowest BCUT2D eigenvalue weighted by Gasteiger charge is -2.34. The third kappa shape index (κ3) is 1.59. The van der Waals surface area contributed by atoms with E-state index in [1.54, 1.807) is 0 Å². The van der Waals surface area contributed by atoms with Crippen LogP contribution in [-0.4, -0.2) is 39.8 Å². The number of nitrogens with one attached hydrogen (secondary N) is 1. The minimum absolute atomic E-state index is 0.119. The summed E-state index contributed by atoms with van der Waals surface area (Å²) in [5.41, 5.74) is 2.25. The summed E-state index contributed by atoms with van der Waals surface area (Å²) in [5, 5.41) is 8.20. The highest BCUT2D eigenvalue weighted by Gasteiger charge is 2.50. The number of rotatable bonds is 1. The first kappa shape index (κ1) is 12.1. The van der Waals surface area contributed by atoms with E-state index in [0.717, 1.165) is 37.1 Å². The van der Waals surface area contributed by atoms with Gasteiger partial charge in [0.25, 0.3) is 0 Å². The number of hydrogen-bond donors (Lipinski definition) is 1. The van der Waals surface area contributed by atoms with E-state index in [1.165, 1.54) is 5.56 Å². The van der Waals surface area contributed by atoms with Gasteiger partial charge in [-0.15, -0.1) is 5.10 Å². The van der Waals surface area contributed by atoms with Gasteiger partial charge in [-0.05, 0) is 44.2 Å². The Morgan fingerprint density at radius 3 is 2.95 bits per heavy atom. The first-order chi connectivity index (χ1) is 9.55. The number of hydrogen-bond acceptors (Lipinski definition) is 4. The molecule has 0 spiro atoms. The van der Waals surface area contributed by atoms with Crippen LogP contribution in [0.3, 0.4) is 0 Å². The molecular formula is C15H21N5. The van der Waals surface area contributed by atoms with Crippen LogP contribution in [0.1, 0.15) is 19.4 Å². The van der Waals surface area contributed by atoms with E-state index in [4.69, 9.17) is 4.98 Å². The van der Waals surface area contributed by atoms with Crippen LogP contribution in [0.25, 0.3) is 5.65 Å². The van der Waals surface area contributed by atoms with Crippen molar-refractivity contribution in [3.05, 3.63) is 23.9 Å². The topological polar surface area (TPSA) is 45.5 Å². The van der Waals surface area contributed by atoms with Crippen LogP contribution in [0.4, 0.5) is 5.95 Å². The Morgan fingerprint density at radius 1 is 1.30 bits per heavy atom. The fourth-order valence-electron chi connectivity index (χ4n) is 3.85.